The number of nitro groups is 1. The van der Waals surface area contributed by atoms with E-state index in [-0.39, 0.29) is 23.6 Å². The SMILES string of the molecule is COc1ccc(C(=O)OC(C)COc2cccc(F)c2)cc1[N+](=O)[O-]. The van der Waals surface area contributed by atoms with Crippen LogP contribution < -0.4 is 9.47 Å². The summed E-state index contributed by atoms with van der Waals surface area (Å²) in [6, 6.07) is 9.34. The van der Waals surface area contributed by atoms with Crippen molar-refractivity contribution in [3.63, 3.8) is 0 Å². The first-order chi connectivity index (χ1) is 11.9. The first-order valence-electron chi connectivity index (χ1n) is 7.32. The molecule has 0 spiro atoms. The number of carbonyl (C=O) groups excluding carboxylic acids is 1. The second kappa shape index (κ2) is 8.09. The molecule has 0 amide bonds. The van der Waals surface area contributed by atoms with Crippen LogP contribution in [-0.4, -0.2) is 30.7 Å². The van der Waals surface area contributed by atoms with Gasteiger partial charge in [-0.1, -0.05) is 6.07 Å². The molecule has 0 aromatic heterocycles. The fraction of sp³-hybridized carbons (Fsp3) is 0.235. The van der Waals surface area contributed by atoms with Crippen molar-refractivity contribution in [2.24, 2.45) is 0 Å². The average molecular weight is 349 g/mol. The van der Waals surface area contributed by atoms with E-state index in [9.17, 15) is 19.3 Å². The number of carbonyl (C=O) groups is 1. The van der Waals surface area contributed by atoms with Crippen molar-refractivity contribution in [1.29, 1.82) is 0 Å². The third-order valence-electron chi connectivity index (χ3n) is 3.20. The lowest BCUT2D eigenvalue weighted by Crippen LogP contribution is -2.22. The van der Waals surface area contributed by atoms with Gasteiger partial charge < -0.3 is 14.2 Å². The maximum atomic E-state index is 13.1. The van der Waals surface area contributed by atoms with E-state index in [4.69, 9.17) is 14.2 Å². The van der Waals surface area contributed by atoms with Crippen molar-refractivity contribution >= 4 is 11.7 Å². The van der Waals surface area contributed by atoms with Crippen molar-refractivity contribution in [1.82, 2.24) is 0 Å². The maximum absolute atomic E-state index is 13.1. The molecule has 0 aliphatic carbocycles. The van der Waals surface area contributed by atoms with Gasteiger partial charge in [0.1, 0.15) is 24.3 Å². The van der Waals surface area contributed by atoms with Crippen molar-refractivity contribution < 1.29 is 28.3 Å². The second-order valence-electron chi connectivity index (χ2n) is 5.13. The summed E-state index contributed by atoms with van der Waals surface area (Å²) in [4.78, 5) is 22.4. The van der Waals surface area contributed by atoms with Crippen LogP contribution in [0.2, 0.25) is 0 Å². The van der Waals surface area contributed by atoms with Crippen LogP contribution in [0.15, 0.2) is 42.5 Å². The predicted octanol–water partition coefficient (Wildman–Crippen LogP) is 3.37. The minimum Gasteiger partial charge on any atom is -0.490 e. The van der Waals surface area contributed by atoms with Crippen LogP contribution in [0.1, 0.15) is 17.3 Å². The molecule has 0 N–H and O–H groups in total. The Labute approximate surface area is 143 Å². The van der Waals surface area contributed by atoms with Crippen molar-refractivity contribution in [3.05, 3.63) is 64.0 Å². The summed E-state index contributed by atoms with van der Waals surface area (Å²) < 4.78 is 28.4. The number of benzene rings is 2. The van der Waals surface area contributed by atoms with Gasteiger partial charge >= 0.3 is 11.7 Å². The van der Waals surface area contributed by atoms with Gasteiger partial charge in [0.2, 0.25) is 0 Å². The van der Waals surface area contributed by atoms with Gasteiger partial charge in [-0.25, -0.2) is 9.18 Å². The Morgan fingerprint density at radius 3 is 2.68 bits per heavy atom. The Kier molecular flexibility index (Phi) is 5.89. The monoisotopic (exact) mass is 349 g/mol. The van der Waals surface area contributed by atoms with Crippen LogP contribution in [0.5, 0.6) is 11.5 Å². The molecule has 1 unspecified atom stereocenters. The van der Waals surface area contributed by atoms with Gasteiger partial charge in [0, 0.05) is 12.1 Å². The minimum absolute atomic E-state index is 0.00738. The highest BCUT2D eigenvalue weighted by Crippen LogP contribution is 2.27. The Morgan fingerprint density at radius 1 is 1.28 bits per heavy atom. The zero-order chi connectivity index (χ0) is 18.4. The van der Waals surface area contributed by atoms with Crippen LogP contribution >= 0.6 is 0 Å². The molecule has 0 bridgehead atoms. The van der Waals surface area contributed by atoms with Gasteiger partial charge in [-0.05, 0) is 31.2 Å². The number of methoxy groups -OCH3 is 1. The van der Waals surface area contributed by atoms with Crippen molar-refractivity contribution in [3.8, 4) is 11.5 Å². The molecule has 2 rings (SSSR count). The van der Waals surface area contributed by atoms with E-state index in [0.717, 1.165) is 6.07 Å². The molecular weight excluding hydrogens is 333 g/mol. The van der Waals surface area contributed by atoms with E-state index in [1.807, 2.05) is 0 Å². The molecule has 1 atom stereocenters. The maximum Gasteiger partial charge on any atom is 0.338 e. The van der Waals surface area contributed by atoms with E-state index >= 15 is 0 Å². The second-order valence-corrected chi connectivity index (χ2v) is 5.13. The Morgan fingerprint density at radius 2 is 2.04 bits per heavy atom. The molecule has 8 heteroatoms. The first kappa shape index (κ1) is 18.2. The van der Waals surface area contributed by atoms with E-state index in [1.165, 1.54) is 37.4 Å². The van der Waals surface area contributed by atoms with Crippen LogP contribution in [0.25, 0.3) is 0 Å². The number of hydrogen-bond acceptors (Lipinski definition) is 6. The van der Waals surface area contributed by atoms with Crippen molar-refractivity contribution in [2.45, 2.75) is 13.0 Å². The van der Waals surface area contributed by atoms with E-state index in [1.54, 1.807) is 13.0 Å². The number of nitrogens with zero attached hydrogens (tertiary/aromatic N) is 1. The molecule has 0 aliphatic rings. The molecule has 0 saturated heterocycles. The fourth-order valence-corrected chi connectivity index (χ4v) is 2.01. The lowest BCUT2D eigenvalue weighted by atomic mass is 10.2. The predicted molar refractivity (Wildman–Crippen MR) is 86.4 cm³/mol. The summed E-state index contributed by atoms with van der Waals surface area (Å²) >= 11 is 0. The van der Waals surface area contributed by atoms with E-state index < -0.39 is 22.8 Å². The Balaban J connectivity index is 1.99. The van der Waals surface area contributed by atoms with Gasteiger partial charge in [-0.15, -0.1) is 0 Å². The lowest BCUT2D eigenvalue weighted by Gasteiger charge is -2.14. The standard InChI is InChI=1S/C17H16FNO6/c1-11(10-24-14-5-3-4-13(18)9-14)25-17(20)12-6-7-16(23-2)15(8-12)19(21)22/h3-9,11H,10H2,1-2H3. The Hall–Kier alpha value is -3.16. The number of nitro benzene ring substituents is 1. The largest absolute Gasteiger partial charge is 0.490 e. The average Bonchev–Trinajstić information content (AvgIpc) is 2.59. The fourth-order valence-electron chi connectivity index (χ4n) is 2.01. The Bertz CT molecular complexity index is 779. The molecule has 0 saturated carbocycles. The summed E-state index contributed by atoms with van der Waals surface area (Å²) in [6.07, 6.45) is -0.642. The van der Waals surface area contributed by atoms with Crippen LogP contribution in [0, 0.1) is 15.9 Å². The number of esters is 1. The number of hydrogen-bond donors (Lipinski definition) is 0. The topological polar surface area (TPSA) is 87.9 Å². The normalized spacial score (nSPS) is 11.5. The number of rotatable bonds is 7. The van der Waals surface area contributed by atoms with Crippen LogP contribution in [0.4, 0.5) is 10.1 Å². The van der Waals surface area contributed by atoms with E-state index in [2.05, 4.69) is 0 Å². The molecular formula is C17H16FNO6. The summed E-state index contributed by atoms with van der Waals surface area (Å²) in [5, 5.41) is 11.0. The molecule has 0 heterocycles. The number of ether oxygens (including phenoxy) is 3. The third-order valence-corrected chi connectivity index (χ3v) is 3.20. The van der Waals surface area contributed by atoms with Gasteiger partial charge in [-0.2, -0.15) is 0 Å². The smallest absolute Gasteiger partial charge is 0.338 e. The summed E-state index contributed by atoms with van der Waals surface area (Å²) in [5.41, 5.74) is -0.314. The zero-order valence-corrected chi connectivity index (χ0v) is 13.6. The highest BCUT2D eigenvalue weighted by atomic mass is 19.1. The lowest BCUT2D eigenvalue weighted by molar-refractivity contribution is -0.385. The van der Waals surface area contributed by atoms with Crippen molar-refractivity contribution in [2.75, 3.05) is 13.7 Å². The van der Waals surface area contributed by atoms with Gasteiger partial charge in [-0.3, -0.25) is 10.1 Å². The minimum atomic E-state index is -0.735. The number of halogens is 1. The third kappa shape index (κ3) is 4.90. The summed E-state index contributed by atoms with van der Waals surface area (Å²) in [7, 11) is 1.30. The molecule has 0 fully saturated rings. The van der Waals surface area contributed by atoms with Crippen LogP contribution in [-0.2, 0) is 4.74 Å². The molecule has 2 aromatic rings. The molecule has 0 radical (unpaired) electrons. The molecule has 132 valence electrons. The van der Waals surface area contributed by atoms with Gasteiger partial charge in [0.15, 0.2) is 5.75 Å². The van der Waals surface area contributed by atoms with Gasteiger partial charge in [0.25, 0.3) is 0 Å². The zero-order valence-electron chi connectivity index (χ0n) is 13.6. The highest BCUT2D eigenvalue weighted by Gasteiger charge is 2.20. The molecule has 25 heavy (non-hydrogen) atoms. The molecule has 2 aromatic carbocycles. The van der Waals surface area contributed by atoms with Gasteiger partial charge in [0.05, 0.1) is 17.6 Å². The molecule has 7 nitrogen and oxygen atoms in total. The highest BCUT2D eigenvalue weighted by molar-refractivity contribution is 5.90. The first-order valence-corrected chi connectivity index (χ1v) is 7.32. The van der Waals surface area contributed by atoms with E-state index in [0.29, 0.717) is 5.75 Å². The quantitative estimate of drug-likeness (QED) is 0.433. The van der Waals surface area contributed by atoms with Crippen LogP contribution in [0.3, 0.4) is 0 Å². The molecule has 0 aliphatic heterocycles. The summed E-state index contributed by atoms with van der Waals surface area (Å²) in [6.45, 7) is 1.60. The summed E-state index contributed by atoms with van der Waals surface area (Å²) in [5.74, 6) is -0.819.